The number of cyclic esters (lactones) is 2. The molecule has 0 bridgehead atoms. The van der Waals surface area contributed by atoms with E-state index in [0.717, 1.165) is 0 Å². The van der Waals surface area contributed by atoms with Gasteiger partial charge in [-0.2, -0.15) is 0 Å². The van der Waals surface area contributed by atoms with E-state index in [2.05, 4.69) is 0 Å². The van der Waals surface area contributed by atoms with Gasteiger partial charge >= 0.3 is 11.9 Å². The summed E-state index contributed by atoms with van der Waals surface area (Å²) >= 11 is 0. The first-order valence-corrected chi connectivity index (χ1v) is 7.50. The van der Waals surface area contributed by atoms with Crippen molar-refractivity contribution in [3.8, 4) is 0 Å². The van der Waals surface area contributed by atoms with E-state index in [0.29, 0.717) is 25.7 Å². The molecule has 2 N–H and O–H groups in total. The Labute approximate surface area is 130 Å². The van der Waals surface area contributed by atoms with Crippen molar-refractivity contribution in [1.29, 1.82) is 0 Å². The molecule has 0 aromatic heterocycles. The van der Waals surface area contributed by atoms with Crippen LogP contribution in [0.1, 0.15) is 39.5 Å². The maximum absolute atomic E-state index is 11.6. The van der Waals surface area contributed by atoms with E-state index in [-0.39, 0.29) is 12.2 Å². The van der Waals surface area contributed by atoms with Gasteiger partial charge in [0.15, 0.2) is 0 Å². The second-order valence-corrected chi connectivity index (χ2v) is 5.50. The van der Waals surface area contributed by atoms with Gasteiger partial charge in [-0.05, 0) is 51.7 Å². The number of esters is 2. The summed E-state index contributed by atoms with van der Waals surface area (Å²) in [5.74, 6) is -1.05. The minimum Gasteiger partial charge on any atom is -0.460 e. The molecule has 6 heteroatoms. The summed E-state index contributed by atoms with van der Waals surface area (Å²) in [6.45, 7) is 3.44. The smallest absolute Gasteiger partial charge is 0.330 e. The third-order valence-corrected chi connectivity index (χ3v) is 3.28. The van der Waals surface area contributed by atoms with E-state index in [9.17, 15) is 19.8 Å². The van der Waals surface area contributed by atoms with Gasteiger partial charge in [-0.15, -0.1) is 0 Å². The highest BCUT2D eigenvalue weighted by Gasteiger charge is 2.13. The summed E-state index contributed by atoms with van der Waals surface area (Å²) in [5, 5.41) is 19.5. The van der Waals surface area contributed by atoms with Crippen molar-refractivity contribution in [2.24, 2.45) is 0 Å². The van der Waals surface area contributed by atoms with E-state index < -0.39 is 24.1 Å². The second-order valence-electron chi connectivity index (χ2n) is 5.50. The van der Waals surface area contributed by atoms with Crippen molar-refractivity contribution >= 4 is 11.9 Å². The summed E-state index contributed by atoms with van der Waals surface area (Å²) in [6, 6.07) is 0. The highest BCUT2D eigenvalue weighted by molar-refractivity contribution is 5.82. The molecule has 0 aromatic rings. The number of carbonyl (C=O) groups is 2. The van der Waals surface area contributed by atoms with Crippen LogP contribution in [0.3, 0.4) is 0 Å². The normalized spacial score (nSPS) is 35.3. The Morgan fingerprint density at radius 2 is 1.18 bits per heavy atom. The Bertz CT molecular complexity index is 388. The molecule has 0 fully saturated rings. The zero-order valence-corrected chi connectivity index (χ0v) is 13.0. The van der Waals surface area contributed by atoms with E-state index in [1.54, 1.807) is 13.8 Å². The molecule has 22 heavy (non-hydrogen) atoms. The molecular formula is C16H24O6. The summed E-state index contributed by atoms with van der Waals surface area (Å²) in [5.41, 5.74) is 0. The van der Waals surface area contributed by atoms with E-state index in [1.807, 2.05) is 0 Å². The van der Waals surface area contributed by atoms with Crippen molar-refractivity contribution in [1.82, 2.24) is 0 Å². The molecule has 124 valence electrons. The van der Waals surface area contributed by atoms with Gasteiger partial charge in [0.1, 0.15) is 0 Å². The van der Waals surface area contributed by atoms with Crippen molar-refractivity contribution in [2.45, 2.75) is 63.9 Å². The van der Waals surface area contributed by atoms with Crippen molar-refractivity contribution in [2.75, 3.05) is 0 Å². The van der Waals surface area contributed by atoms with Gasteiger partial charge in [0.2, 0.25) is 0 Å². The molecule has 0 radical (unpaired) electrons. The number of aliphatic hydroxyl groups is 2. The molecule has 4 atom stereocenters. The van der Waals surface area contributed by atoms with E-state index >= 15 is 0 Å². The van der Waals surface area contributed by atoms with Gasteiger partial charge in [0.25, 0.3) is 0 Å². The number of hydrogen-bond donors (Lipinski definition) is 2. The average Bonchev–Trinajstić information content (AvgIpc) is 2.46. The summed E-state index contributed by atoms with van der Waals surface area (Å²) in [4.78, 5) is 23.1. The largest absolute Gasteiger partial charge is 0.460 e. The maximum atomic E-state index is 11.6. The molecule has 1 unspecified atom stereocenters. The fourth-order valence-corrected chi connectivity index (χ4v) is 1.98. The number of hydrogen-bond acceptors (Lipinski definition) is 6. The monoisotopic (exact) mass is 312 g/mol. The van der Waals surface area contributed by atoms with Crippen LogP contribution in [-0.4, -0.2) is 46.6 Å². The molecular weight excluding hydrogens is 288 g/mol. The fourth-order valence-electron chi connectivity index (χ4n) is 1.98. The second kappa shape index (κ2) is 9.38. The lowest BCUT2D eigenvalue weighted by atomic mass is 10.1. The third-order valence-electron chi connectivity index (χ3n) is 3.28. The number of carbonyl (C=O) groups excluding carboxylic acids is 2. The minimum atomic E-state index is -0.797. The van der Waals surface area contributed by atoms with Gasteiger partial charge < -0.3 is 19.7 Å². The van der Waals surface area contributed by atoms with Gasteiger partial charge in [-0.25, -0.2) is 9.59 Å². The van der Waals surface area contributed by atoms with Crippen LogP contribution < -0.4 is 0 Å². The molecule has 0 aromatic carbocycles. The van der Waals surface area contributed by atoms with E-state index in [1.165, 1.54) is 24.3 Å². The van der Waals surface area contributed by atoms with Crippen LogP contribution in [0.4, 0.5) is 0 Å². The summed E-state index contributed by atoms with van der Waals surface area (Å²) < 4.78 is 10.3. The van der Waals surface area contributed by atoms with Gasteiger partial charge in [0.05, 0.1) is 24.4 Å². The Kier molecular flexibility index (Phi) is 7.84. The van der Waals surface area contributed by atoms with Crippen molar-refractivity contribution in [3.63, 3.8) is 0 Å². The van der Waals surface area contributed by atoms with Crippen molar-refractivity contribution < 1.29 is 29.3 Å². The fraction of sp³-hybridized carbons (Fsp3) is 0.625. The van der Waals surface area contributed by atoms with Gasteiger partial charge in [-0.3, -0.25) is 0 Å². The summed E-state index contributed by atoms with van der Waals surface area (Å²) in [6.07, 6.45) is 4.44. The predicted molar refractivity (Wildman–Crippen MR) is 79.9 cm³/mol. The van der Waals surface area contributed by atoms with Crippen LogP contribution in [0, 0.1) is 0 Å². The highest BCUT2D eigenvalue weighted by atomic mass is 16.5. The number of ether oxygens (including phenoxy) is 2. The Morgan fingerprint density at radius 1 is 0.818 bits per heavy atom. The molecule has 1 heterocycles. The first-order valence-electron chi connectivity index (χ1n) is 7.50. The minimum absolute atomic E-state index is 0.361. The molecule has 0 saturated heterocycles. The summed E-state index contributed by atoms with van der Waals surface area (Å²) in [7, 11) is 0. The molecule has 6 nitrogen and oxygen atoms in total. The first-order chi connectivity index (χ1) is 10.4. The van der Waals surface area contributed by atoms with E-state index in [4.69, 9.17) is 9.47 Å². The molecule has 1 rings (SSSR count). The van der Waals surface area contributed by atoms with Crippen LogP contribution in [0.15, 0.2) is 24.3 Å². The molecule has 0 saturated carbocycles. The topological polar surface area (TPSA) is 93.1 Å². The molecule has 0 aliphatic carbocycles. The Hall–Kier alpha value is -1.66. The third kappa shape index (κ3) is 7.95. The maximum Gasteiger partial charge on any atom is 0.330 e. The van der Waals surface area contributed by atoms with Crippen LogP contribution in [0.25, 0.3) is 0 Å². The van der Waals surface area contributed by atoms with Crippen LogP contribution in [0.2, 0.25) is 0 Å². The molecule has 0 spiro atoms. The van der Waals surface area contributed by atoms with Crippen LogP contribution >= 0.6 is 0 Å². The number of aliphatic hydroxyl groups excluding tert-OH is 2. The standard InChI is InChI=1S/C16H24O6/c1-11-3-5-13(17)8-10-16(20)22-12(2)4-6-14(18)7-9-15(19)21-11/h7-14,17-18H,3-6H2,1-2H3/b9-7+,10-8+/t11-,12?,13+,14+/m0/s1. The zero-order chi connectivity index (χ0) is 16.5. The first kappa shape index (κ1) is 18.4. The molecule has 0 amide bonds. The zero-order valence-electron chi connectivity index (χ0n) is 13.0. The lowest BCUT2D eigenvalue weighted by Crippen LogP contribution is -2.18. The van der Waals surface area contributed by atoms with Crippen LogP contribution in [-0.2, 0) is 19.1 Å². The number of rotatable bonds is 0. The lowest BCUT2D eigenvalue weighted by Gasteiger charge is -2.15. The van der Waals surface area contributed by atoms with Crippen LogP contribution in [0.5, 0.6) is 0 Å². The highest BCUT2D eigenvalue weighted by Crippen LogP contribution is 2.10. The predicted octanol–water partition coefficient (Wildman–Crippen LogP) is 1.26. The molecule has 1 aliphatic rings. The Morgan fingerprint density at radius 3 is 1.55 bits per heavy atom. The van der Waals surface area contributed by atoms with Crippen molar-refractivity contribution in [3.05, 3.63) is 24.3 Å². The average molecular weight is 312 g/mol. The van der Waals surface area contributed by atoms with Gasteiger partial charge in [0, 0.05) is 12.2 Å². The molecule has 1 aliphatic heterocycles. The van der Waals surface area contributed by atoms with Gasteiger partial charge in [-0.1, -0.05) is 0 Å². The lowest BCUT2D eigenvalue weighted by molar-refractivity contribution is -0.143. The Balaban J connectivity index is 2.70. The quantitative estimate of drug-likeness (QED) is 0.654. The SMILES string of the molecule is CC1CC[C@@H](O)/C=C/C(=O)O[C@@H](C)CC[C@@H](O)/C=C/C(=O)O1.